The number of rotatable bonds is 5. The van der Waals surface area contributed by atoms with Crippen LogP contribution in [0.4, 0.5) is 0 Å². The number of hydrogen-bond donors (Lipinski definition) is 1. The van der Waals surface area contributed by atoms with Gasteiger partial charge in [0.2, 0.25) is 5.82 Å². The molecule has 144 valence electrons. The number of fused-ring (bicyclic) bond motifs is 1. The summed E-state index contributed by atoms with van der Waals surface area (Å²) in [5, 5.41) is 3.93. The van der Waals surface area contributed by atoms with Crippen molar-refractivity contribution in [3.05, 3.63) is 57.3 Å². The van der Waals surface area contributed by atoms with Crippen molar-refractivity contribution < 1.29 is 18.7 Å². The first-order valence-corrected chi connectivity index (χ1v) is 8.74. The number of H-pyrrole nitrogens is 1. The Morgan fingerprint density at radius 3 is 2.64 bits per heavy atom. The Bertz CT molecular complexity index is 1060. The van der Waals surface area contributed by atoms with Crippen LogP contribution < -0.4 is 15.0 Å². The number of benzene rings is 1. The van der Waals surface area contributed by atoms with Gasteiger partial charge >= 0.3 is 0 Å². The van der Waals surface area contributed by atoms with Gasteiger partial charge < -0.3 is 23.7 Å². The molecule has 0 saturated heterocycles. The summed E-state index contributed by atoms with van der Waals surface area (Å²) in [4.78, 5) is 19.5. The van der Waals surface area contributed by atoms with E-state index in [1.807, 2.05) is 12.1 Å². The second-order valence-corrected chi connectivity index (χ2v) is 6.25. The number of nitrogens with one attached hydrogen (secondary N) is 1. The van der Waals surface area contributed by atoms with Crippen molar-refractivity contribution in [3.63, 3.8) is 0 Å². The molecule has 0 unspecified atom stereocenters. The van der Waals surface area contributed by atoms with Gasteiger partial charge in [-0.25, -0.2) is 0 Å². The molecule has 1 aliphatic rings. The zero-order valence-corrected chi connectivity index (χ0v) is 15.5. The Balaban J connectivity index is 1.60. The summed E-state index contributed by atoms with van der Waals surface area (Å²) in [6.07, 6.45) is 4.16. The number of aromatic amines is 1. The van der Waals surface area contributed by atoms with E-state index in [1.54, 1.807) is 38.5 Å². The Labute approximate surface area is 160 Å². The summed E-state index contributed by atoms with van der Waals surface area (Å²) >= 11 is 0. The van der Waals surface area contributed by atoms with Gasteiger partial charge in [-0.05, 0) is 35.4 Å². The average molecular weight is 381 g/mol. The minimum atomic E-state index is -0.241. The topological polar surface area (TPSA) is 99.5 Å². The summed E-state index contributed by atoms with van der Waals surface area (Å²) in [7, 11) is 3.18. The van der Waals surface area contributed by atoms with E-state index >= 15 is 0 Å². The van der Waals surface area contributed by atoms with Crippen molar-refractivity contribution >= 4 is 12.2 Å². The Kier molecular flexibility index (Phi) is 4.94. The number of pyridine rings is 1. The van der Waals surface area contributed by atoms with Crippen molar-refractivity contribution in [2.75, 3.05) is 20.8 Å². The molecular formula is C20H19N3O5. The highest BCUT2D eigenvalue weighted by Gasteiger charge is 2.17. The van der Waals surface area contributed by atoms with Crippen LogP contribution in [0.15, 0.2) is 33.6 Å². The van der Waals surface area contributed by atoms with E-state index in [4.69, 9.17) is 18.7 Å². The predicted molar refractivity (Wildman–Crippen MR) is 102 cm³/mol. The van der Waals surface area contributed by atoms with E-state index in [0.29, 0.717) is 36.7 Å². The van der Waals surface area contributed by atoms with Crippen molar-refractivity contribution in [1.29, 1.82) is 0 Å². The highest BCUT2D eigenvalue weighted by Crippen LogP contribution is 2.24. The lowest BCUT2D eigenvalue weighted by atomic mass is 10.1. The number of methoxy groups -OCH3 is 2. The summed E-state index contributed by atoms with van der Waals surface area (Å²) in [5.74, 6) is 1.86. The van der Waals surface area contributed by atoms with E-state index in [2.05, 4.69) is 15.1 Å². The van der Waals surface area contributed by atoms with Crippen molar-refractivity contribution in [3.8, 4) is 22.9 Å². The third-order valence-electron chi connectivity index (χ3n) is 4.44. The van der Waals surface area contributed by atoms with E-state index in [-0.39, 0.29) is 17.3 Å². The molecule has 8 heteroatoms. The SMILES string of the molecule is COc1cc(/C=C/c2nc(-c3cc4c([nH]c3=O)CCOC4)no2)cc(OC)c1. The van der Waals surface area contributed by atoms with Crippen LogP contribution in [0, 0.1) is 0 Å². The third-order valence-corrected chi connectivity index (χ3v) is 4.44. The largest absolute Gasteiger partial charge is 0.497 e. The highest BCUT2D eigenvalue weighted by molar-refractivity contribution is 5.68. The van der Waals surface area contributed by atoms with Crippen LogP contribution in [0.2, 0.25) is 0 Å². The maximum Gasteiger partial charge on any atom is 0.259 e. The third kappa shape index (κ3) is 3.67. The zero-order valence-electron chi connectivity index (χ0n) is 15.5. The molecule has 3 aromatic rings. The number of ether oxygens (including phenoxy) is 3. The monoisotopic (exact) mass is 381 g/mol. The molecule has 0 atom stereocenters. The summed E-state index contributed by atoms with van der Waals surface area (Å²) in [6.45, 7) is 1.07. The smallest absolute Gasteiger partial charge is 0.259 e. The first-order valence-electron chi connectivity index (χ1n) is 8.74. The van der Waals surface area contributed by atoms with Gasteiger partial charge in [0, 0.05) is 24.3 Å². The predicted octanol–water partition coefficient (Wildman–Crippen LogP) is 2.69. The lowest BCUT2D eigenvalue weighted by Gasteiger charge is -2.15. The normalized spacial score (nSPS) is 13.5. The van der Waals surface area contributed by atoms with Crippen LogP contribution in [-0.4, -0.2) is 36.0 Å². The van der Waals surface area contributed by atoms with Gasteiger partial charge in [-0.15, -0.1) is 0 Å². The quantitative estimate of drug-likeness (QED) is 0.725. The minimum Gasteiger partial charge on any atom is -0.497 e. The summed E-state index contributed by atoms with van der Waals surface area (Å²) < 4.78 is 21.2. The molecule has 0 aliphatic carbocycles. The van der Waals surface area contributed by atoms with Gasteiger partial charge in [-0.2, -0.15) is 4.98 Å². The molecule has 0 bridgehead atoms. The van der Waals surface area contributed by atoms with Crippen LogP contribution in [-0.2, 0) is 17.8 Å². The maximum absolute atomic E-state index is 12.4. The van der Waals surface area contributed by atoms with Crippen LogP contribution in [0.1, 0.15) is 22.7 Å². The lowest BCUT2D eigenvalue weighted by Crippen LogP contribution is -2.19. The van der Waals surface area contributed by atoms with Crippen LogP contribution in [0.3, 0.4) is 0 Å². The first kappa shape index (κ1) is 18.0. The molecule has 0 spiro atoms. The van der Waals surface area contributed by atoms with Gasteiger partial charge in [-0.1, -0.05) is 5.16 Å². The molecule has 0 fully saturated rings. The van der Waals surface area contributed by atoms with Crippen LogP contribution in [0.5, 0.6) is 11.5 Å². The highest BCUT2D eigenvalue weighted by atomic mass is 16.5. The van der Waals surface area contributed by atoms with Gasteiger partial charge in [0.1, 0.15) is 11.5 Å². The molecule has 3 heterocycles. The second kappa shape index (κ2) is 7.69. The van der Waals surface area contributed by atoms with E-state index < -0.39 is 0 Å². The number of aromatic nitrogens is 3. The van der Waals surface area contributed by atoms with E-state index in [1.165, 1.54) is 0 Å². The molecule has 2 aromatic heterocycles. The Hall–Kier alpha value is -3.39. The van der Waals surface area contributed by atoms with Gasteiger partial charge in [0.25, 0.3) is 11.4 Å². The van der Waals surface area contributed by atoms with Gasteiger partial charge in [0.15, 0.2) is 0 Å². The standard InChI is InChI=1S/C20H19N3O5/c1-25-14-7-12(8-15(10-14)26-2)3-4-18-22-19(23-28-18)16-9-13-11-27-6-5-17(13)21-20(16)24/h3-4,7-10H,5-6,11H2,1-2H3,(H,21,24)/b4-3+. The average Bonchev–Trinajstić information content (AvgIpc) is 3.20. The molecule has 28 heavy (non-hydrogen) atoms. The molecule has 1 aromatic carbocycles. The first-order chi connectivity index (χ1) is 13.7. The van der Waals surface area contributed by atoms with Gasteiger partial charge in [0.05, 0.1) is 33.0 Å². The molecule has 0 saturated carbocycles. The van der Waals surface area contributed by atoms with Crippen LogP contribution in [0.25, 0.3) is 23.5 Å². The zero-order chi connectivity index (χ0) is 19.5. The molecule has 0 amide bonds. The van der Waals surface area contributed by atoms with Crippen molar-refractivity contribution in [2.45, 2.75) is 13.0 Å². The molecular weight excluding hydrogens is 362 g/mol. The van der Waals surface area contributed by atoms with E-state index in [0.717, 1.165) is 16.8 Å². The molecule has 1 aliphatic heterocycles. The maximum atomic E-state index is 12.4. The lowest BCUT2D eigenvalue weighted by molar-refractivity contribution is 0.109. The van der Waals surface area contributed by atoms with Crippen molar-refractivity contribution in [1.82, 2.24) is 15.1 Å². The molecule has 0 radical (unpaired) electrons. The fourth-order valence-corrected chi connectivity index (χ4v) is 2.99. The van der Waals surface area contributed by atoms with Crippen LogP contribution >= 0.6 is 0 Å². The minimum absolute atomic E-state index is 0.234. The van der Waals surface area contributed by atoms with Crippen molar-refractivity contribution in [2.24, 2.45) is 0 Å². The fourth-order valence-electron chi connectivity index (χ4n) is 2.99. The Morgan fingerprint density at radius 1 is 1.11 bits per heavy atom. The van der Waals surface area contributed by atoms with E-state index in [9.17, 15) is 4.79 Å². The molecule has 8 nitrogen and oxygen atoms in total. The summed E-state index contributed by atoms with van der Waals surface area (Å²) in [6, 6.07) is 7.25. The fraction of sp³-hybridized carbons (Fsp3) is 0.250. The number of nitrogens with zero attached hydrogens (tertiary/aromatic N) is 2. The van der Waals surface area contributed by atoms with Gasteiger partial charge in [-0.3, -0.25) is 4.79 Å². The Morgan fingerprint density at radius 2 is 1.89 bits per heavy atom. The molecule has 1 N–H and O–H groups in total. The summed E-state index contributed by atoms with van der Waals surface area (Å²) in [5.41, 5.74) is 2.80. The number of hydrogen-bond acceptors (Lipinski definition) is 7. The molecule has 4 rings (SSSR count). The second-order valence-electron chi connectivity index (χ2n) is 6.25.